The van der Waals surface area contributed by atoms with Crippen LogP contribution in [0.25, 0.3) is 0 Å². The van der Waals surface area contributed by atoms with Crippen LogP contribution >= 0.6 is 0 Å². The molecule has 0 aromatic heterocycles. The van der Waals surface area contributed by atoms with Gasteiger partial charge in [-0.1, -0.05) is 12.1 Å². The van der Waals surface area contributed by atoms with E-state index in [0.717, 1.165) is 4.90 Å². The Bertz CT molecular complexity index is 669. The number of carboxylic acid groups (broad SMARTS) is 1. The summed E-state index contributed by atoms with van der Waals surface area (Å²) < 4.78 is 10.6. The summed E-state index contributed by atoms with van der Waals surface area (Å²) in [4.78, 5) is 37.2. The van der Waals surface area contributed by atoms with Gasteiger partial charge < -0.3 is 14.6 Å². The van der Waals surface area contributed by atoms with Crippen molar-refractivity contribution in [2.24, 2.45) is 0 Å². The summed E-state index contributed by atoms with van der Waals surface area (Å²) >= 11 is 0. The van der Waals surface area contributed by atoms with E-state index in [9.17, 15) is 19.5 Å². The predicted molar refractivity (Wildman–Crippen MR) is 96.1 cm³/mol. The molecule has 26 heavy (non-hydrogen) atoms. The molecule has 1 aromatic carbocycles. The summed E-state index contributed by atoms with van der Waals surface area (Å²) in [6.07, 6.45) is -1.71. The Balaban J connectivity index is 3.21. The number of aromatic carboxylic acids is 1. The number of amides is 2. The normalized spacial score (nSPS) is 11.7. The molecule has 1 rings (SSSR count). The van der Waals surface area contributed by atoms with Gasteiger partial charge in [0.25, 0.3) is 0 Å². The van der Waals surface area contributed by atoms with Crippen molar-refractivity contribution in [1.82, 2.24) is 4.90 Å². The van der Waals surface area contributed by atoms with Crippen LogP contribution in [-0.2, 0) is 16.0 Å². The van der Waals surface area contributed by atoms with Gasteiger partial charge in [-0.15, -0.1) is 0 Å². The predicted octanol–water partition coefficient (Wildman–Crippen LogP) is 4.37. The fraction of sp³-hybridized carbons (Fsp3) is 0.526. The van der Waals surface area contributed by atoms with Crippen molar-refractivity contribution < 1.29 is 29.0 Å². The molecule has 0 aliphatic heterocycles. The third-order valence-electron chi connectivity index (χ3n) is 3.23. The van der Waals surface area contributed by atoms with Crippen molar-refractivity contribution in [3.05, 3.63) is 34.9 Å². The van der Waals surface area contributed by atoms with Crippen molar-refractivity contribution in [2.75, 3.05) is 0 Å². The van der Waals surface area contributed by atoms with Gasteiger partial charge >= 0.3 is 18.2 Å². The van der Waals surface area contributed by atoms with E-state index in [0.29, 0.717) is 11.1 Å². The molecule has 0 spiro atoms. The number of hydrogen-bond acceptors (Lipinski definition) is 5. The number of imide groups is 1. The molecule has 0 aliphatic carbocycles. The zero-order chi connectivity index (χ0) is 20.3. The van der Waals surface area contributed by atoms with Crippen LogP contribution in [0.3, 0.4) is 0 Å². The molecule has 1 aromatic rings. The number of carbonyl (C=O) groups is 3. The molecule has 0 heterocycles. The van der Waals surface area contributed by atoms with Gasteiger partial charge in [0, 0.05) is 0 Å². The van der Waals surface area contributed by atoms with Crippen molar-refractivity contribution >= 4 is 18.2 Å². The van der Waals surface area contributed by atoms with Crippen molar-refractivity contribution in [3.63, 3.8) is 0 Å². The fourth-order valence-electron chi connectivity index (χ4n) is 2.09. The second-order valence-electron chi connectivity index (χ2n) is 7.94. The minimum absolute atomic E-state index is 0.107. The number of hydrogen-bond donors (Lipinski definition) is 1. The number of benzene rings is 1. The van der Waals surface area contributed by atoms with E-state index in [1.807, 2.05) is 0 Å². The lowest BCUT2D eigenvalue weighted by Crippen LogP contribution is -2.43. The monoisotopic (exact) mass is 365 g/mol. The van der Waals surface area contributed by atoms with Gasteiger partial charge in [-0.25, -0.2) is 19.3 Å². The molecule has 0 aliphatic rings. The zero-order valence-electron chi connectivity index (χ0n) is 16.4. The molecule has 1 N–H and O–H groups in total. The quantitative estimate of drug-likeness (QED) is 0.855. The van der Waals surface area contributed by atoms with Gasteiger partial charge in [0.2, 0.25) is 0 Å². The zero-order valence-corrected chi connectivity index (χ0v) is 16.4. The van der Waals surface area contributed by atoms with E-state index in [1.54, 1.807) is 60.6 Å². The third-order valence-corrected chi connectivity index (χ3v) is 3.23. The van der Waals surface area contributed by atoms with Crippen LogP contribution in [0.2, 0.25) is 0 Å². The molecule has 0 radical (unpaired) electrons. The van der Waals surface area contributed by atoms with Crippen LogP contribution in [0.4, 0.5) is 9.59 Å². The summed E-state index contributed by atoms with van der Waals surface area (Å²) in [7, 11) is 0. The fourth-order valence-corrected chi connectivity index (χ4v) is 2.09. The first-order valence-electron chi connectivity index (χ1n) is 8.26. The van der Waals surface area contributed by atoms with Crippen LogP contribution < -0.4 is 0 Å². The molecular weight excluding hydrogens is 338 g/mol. The Morgan fingerprint density at radius 2 is 1.42 bits per heavy atom. The molecular formula is C19H27NO6. The number of carboxylic acids is 1. The first-order valence-corrected chi connectivity index (χ1v) is 8.26. The first-order chi connectivity index (χ1) is 11.7. The van der Waals surface area contributed by atoms with Crippen LogP contribution in [0.15, 0.2) is 18.2 Å². The van der Waals surface area contributed by atoms with Gasteiger partial charge in [0.1, 0.15) is 11.2 Å². The number of nitrogens with zero attached hydrogens (tertiary/aromatic N) is 1. The topological polar surface area (TPSA) is 93.1 Å². The lowest BCUT2D eigenvalue weighted by molar-refractivity contribution is -0.000277. The minimum atomic E-state index is -1.08. The van der Waals surface area contributed by atoms with Crippen LogP contribution in [-0.4, -0.2) is 39.4 Å². The molecule has 144 valence electrons. The number of ether oxygens (including phenoxy) is 2. The summed E-state index contributed by atoms with van der Waals surface area (Å²) in [6, 6.07) is 4.68. The van der Waals surface area contributed by atoms with E-state index in [-0.39, 0.29) is 12.1 Å². The van der Waals surface area contributed by atoms with Crippen LogP contribution in [0.1, 0.15) is 63.0 Å². The van der Waals surface area contributed by atoms with Crippen LogP contribution in [0, 0.1) is 6.92 Å². The molecule has 0 fully saturated rings. The average Bonchev–Trinajstić information content (AvgIpc) is 2.41. The maximum atomic E-state index is 12.5. The molecule has 0 bridgehead atoms. The summed E-state index contributed by atoms with van der Waals surface area (Å²) in [6.45, 7) is 11.6. The molecule has 0 saturated heterocycles. The highest BCUT2D eigenvalue weighted by Crippen LogP contribution is 2.20. The van der Waals surface area contributed by atoms with Gasteiger partial charge in [0.15, 0.2) is 0 Å². The first kappa shape index (κ1) is 21.5. The highest BCUT2D eigenvalue weighted by atomic mass is 16.6. The molecule has 7 heteroatoms. The van der Waals surface area contributed by atoms with Crippen molar-refractivity contribution in [3.8, 4) is 0 Å². The van der Waals surface area contributed by atoms with E-state index in [1.165, 1.54) is 6.07 Å². The van der Waals surface area contributed by atoms with Gasteiger partial charge in [0.05, 0.1) is 12.1 Å². The molecule has 0 saturated carbocycles. The second kappa shape index (κ2) is 7.76. The van der Waals surface area contributed by atoms with E-state index >= 15 is 0 Å². The summed E-state index contributed by atoms with van der Waals surface area (Å²) in [5, 5.41) is 9.25. The Morgan fingerprint density at radius 3 is 1.81 bits per heavy atom. The van der Waals surface area contributed by atoms with Crippen molar-refractivity contribution in [1.29, 1.82) is 0 Å². The lowest BCUT2D eigenvalue weighted by Gasteiger charge is -2.29. The van der Waals surface area contributed by atoms with Crippen LogP contribution in [0.5, 0.6) is 0 Å². The lowest BCUT2D eigenvalue weighted by atomic mass is 10.0. The third kappa shape index (κ3) is 6.38. The maximum Gasteiger partial charge on any atom is 0.420 e. The largest absolute Gasteiger partial charge is 0.478 e. The van der Waals surface area contributed by atoms with Crippen molar-refractivity contribution in [2.45, 2.75) is 66.2 Å². The van der Waals surface area contributed by atoms with E-state index in [4.69, 9.17) is 9.47 Å². The molecule has 7 nitrogen and oxygen atoms in total. The Labute approximate surface area is 153 Å². The highest BCUT2D eigenvalue weighted by molar-refractivity contribution is 5.90. The van der Waals surface area contributed by atoms with Gasteiger partial charge in [-0.3, -0.25) is 0 Å². The summed E-state index contributed by atoms with van der Waals surface area (Å²) in [5.74, 6) is -1.08. The Morgan fingerprint density at radius 1 is 0.962 bits per heavy atom. The molecule has 2 amide bonds. The maximum absolute atomic E-state index is 12.5. The number of carbonyl (C=O) groups excluding carboxylic acids is 2. The van der Waals surface area contributed by atoms with E-state index in [2.05, 4.69) is 0 Å². The number of rotatable bonds is 3. The minimum Gasteiger partial charge on any atom is -0.478 e. The Kier molecular flexibility index (Phi) is 6.41. The van der Waals surface area contributed by atoms with E-state index < -0.39 is 29.4 Å². The highest BCUT2D eigenvalue weighted by Gasteiger charge is 2.31. The summed E-state index contributed by atoms with van der Waals surface area (Å²) in [5.41, 5.74) is -0.500. The van der Waals surface area contributed by atoms with Gasteiger partial charge in [-0.05, 0) is 65.7 Å². The van der Waals surface area contributed by atoms with Gasteiger partial charge in [-0.2, -0.15) is 0 Å². The Hall–Kier alpha value is -2.57. The molecule has 0 atom stereocenters. The second-order valence-corrected chi connectivity index (χ2v) is 7.94. The average molecular weight is 365 g/mol. The SMILES string of the molecule is Cc1c(CN(C(=O)OC(C)(C)C)C(=O)OC(C)(C)C)cccc1C(=O)O. The smallest absolute Gasteiger partial charge is 0.420 e. The standard InChI is InChI=1S/C19H27NO6/c1-12-13(9-8-10-14(12)15(21)22)11-20(16(23)25-18(2,3)4)17(24)26-19(5,6)7/h8-10H,11H2,1-7H3,(H,21,22). The molecule has 0 unspecified atom stereocenters.